The van der Waals surface area contributed by atoms with Gasteiger partial charge in [0.15, 0.2) is 5.96 Å². The summed E-state index contributed by atoms with van der Waals surface area (Å²) >= 11 is 0. The van der Waals surface area contributed by atoms with Crippen LogP contribution in [0.5, 0.6) is 0 Å². The van der Waals surface area contributed by atoms with E-state index in [1.54, 1.807) is 0 Å². The summed E-state index contributed by atoms with van der Waals surface area (Å²) in [5.41, 5.74) is 1.35. The van der Waals surface area contributed by atoms with Crippen molar-refractivity contribution < 1.29 is 8.42 Å². The highest BCUT2D eigenvalue weighted by Crippen LogP contribution is 2.25. The van der Waals surface area contributed by atoms with Crippen LogP contribution >= 0.6 is 24.0 Å². The molecule has 176 valence electrons. The number of hydrogen-bond donors (Lipinski definition) is 3. The highest BCUT2D eigenvalue weighted by Gasteiger charge is 2.21. The summed E-state index contributed by atoms with van der Waals surface area (Å²) in [5, 5.41) is 6.74. The van der Waals surface area contributed by atoms with Gasteiger partial charge in [0.05, 0.1) is 12.3 Å². The first kappa shape index (κ1) is 26.3. The van der Waals surface area contributed by atoms with Gasteiger partial charge in [-0.3, -0.25) is 9.89 Å². The second-order valence-corrected chi connectivity index (χ2v) is 10.3. The highest BCUT2D eigenvalue weighted by atomic mass is 127. The van der Waals surface area contributed by atoms with Gasteiger partial charge in [-0.25, -0.2) is 13.1 Å². The molecule has 31 heavy (non-hydrogen) atoms. The summed E-state index contributed by atoms with van der Waals surface area (Å²) in [6, 6.07) is 10.9. The summed E-state index contributed by atoms with van der Waals surface area (Å²) < 4.78 is 27.1. The second kappa shape index (κ2) is 13.6. The Kier molecular flexibility index (Phi) is 11.6. The molecule has 3 rings (SSSR count). The fourth-order valence-corrected chi connectivity index (χ4v) is 4.85. The number of nitrogens with one attached hydrogen (secondary N) is 3. The lowest BCUT2D eigenvalue weighted by atomic mass is 9.86. The third-order valence-electron chi connectivity index (χ3n) is 5.97. The quantitative estimate of drug-likeness (QED) is 0.232. The van der Waals surface area contributed by atoms with Crippen LogP contribution in [0.4, 0.5) is 0 Å². The lowest BCUT2D eigenvalue weighted by Crippen LogP contribution is -2.48. The minimum absolute atomic E-state index is 0. The van der Waals surface area contributed by atoms with Gasteiger partial charge in [-0.1, -0.05) is 36.8 Å². The lowest BCUT2D eigenvalue weighted by Gasteiger charge is -2.33. The Hall–Kier alpha value is -0.910. The molecule has 1 aliphatic carbocycles. The molecule has 1 saturated carbocycles. The van der Waals surface area contributed by atoms with Gasteiger partial charge < -0.3 is 10.6 Å². The number of piperidine rings is 1. The predicted octanol–water partition coefficient (Wildman–Crippen LogP) is 2.54. The molecular formula is C22H38IN5O2S. The number of likely N-dealkylation sites (tertiary alicyclic amines) is 1. The molecule has 7 nitrogen and oxygen atoms in total. The van der Waals surface area contributed by atoms with Gasteiger partial charge in [-0.2, -0.15) is 0 Å². The minimum atomic E-state index is -3.25. The number of sulfonamides is 1. The van der Waals surface area contributed by atoms with Gasteiger partial charge in [0.25, 0.3) is 0 Å². The molecule has 2 fully saturated rings. The highest BCUT2D eigenvalue weighted by molar-refractivity contribution is 14.0. The maximum absolute atomic E-state index is 12.2. The molecular weight excluding hydrogens is 525 g/mol. The monoisotopic (exact) mass is 563 g/mol. The van der Waals surface area contributed by atoms with E-state index in [0.29, 0.717) is 24.5 Å². The number of hydrogen-bond acceptors (Lipinski definition) is 4. The molecule has 1 saturated heterocycles. The van der Waals surface area contributed by atoms with Gasteiger partial charge in [-0.05, 0) is 44.1 Å². The summed E-state index contributed by atoms with van der Waals surface area (Å²) in [5.74, 6) is 1.27. The summed E-state index contributed by atoms with van der Waals surface area (Å²) in [7, 11) is -3.25. The Morgan fingerprint density at radius 3 is 2.45 bits per heavy atom. The molecule has 0 bridgehead atoms. The maximum Gasteiger partial charge on any atom is 0.213 e. The summed E-state index contributed by atoms with van der Waals surface area (Å²) in [6.07, 6.45) is 5.61. The number of guanidine groups is 1. The predicted molar refractivity (Wildman–Crippen MR) is 138 cm³/mol. The summed E-state index contributed by atoms with van der Waals surface area (Å²) in [6.45, 7) is 6.71. The van der Waals surface area contributed by atoms with Crippen molar-refractivity contribution in [1.82, 2.24) is 20.3 Å². The molecule has 0 atom stereocenters. The van der Waals surface area contributed by atoms with Crippen LogP contribution in [-0.2, 0) is 16.6 Å². The van der Waals surface area contributed by atoms with Crippen LogP contribution in [-0.4, -0.2) is 63.8 Å². The zero-order valence-electron chi connectivity index (χ0n) is 18.6. The van der Waals surface area contributed by atoms with Gasteiger partial charge in [-0.15, -0.1) is 24.0 Å². The first-order valence-corrected chi connectivity index (χ1v) is 13.0. The van der Waals surface area contributed by atoms with Crippen molar-refractivity contribution in [3.63, 3.8) is 0 Å². The van der Waals surface area contributed by atoms with E-state index >= 15 is 0 Å². The van der Waals surface area contributed by atoms with Crippen LogP contribution < -0.4 is 15.4 Å². The molecule has 1 aromatic carbocycles. The molecule has 0 unspecified atom stereocenters. The van der Waals surface area contributed by atoms with Crippen molar-refractivity contribution in [1.29, 1.82) is 0 Å². The van der Waals surface area contributed by atoms with E-state index in [9.17, 15) is 8.42 Å². The van der Waals surface area contributed by atoms with Crippen molar-refractivity contribution in [3.8, 4) is 0 Å². The number of nitrogens with zero attached hydrogens (tertiary/aromatic N) is 2. The average molecular weight is 564 g/mol. The molecule has 2 aliphatic rings. The standard InChI is InChI=1S/C22H37N5O2S.HI/c1-2-23-22(24-13-16-30(28,29)25-17-19-9-6-10-19)26-21-11-14-27(15-12-21)18-20-7-4-3-5-8-20;/h3-5,7-8,19,21,25H,2,6,9-18H2,1H3,(H2,23,24,26);1H. The Labute approximate surface area is 204 Å². The van der Waals surface area contributed by atoms with Crippen LogP contribution in [0.3, 0.4) is 0 Å². The molecule has 0 radical (unpaired) electrons. The van der Waals surface area contributed by atoms with Gasteiger partial charge >= 0.3 is 0 Å². The van der Waals surface area contributed by atoms with Crippen molar-refractivity contribution in [2.24, 2.45) is 10.9 Å². The van der Waals surface area contributed by atoms with Gasteiger partial charge in [0.1, 0.15) is 0 Å². The van der Waals surface area contributed by atoms with E-state index < -0.39 is 10.0 Å². The van der Waals surface area contributed by atoms with Crippen molar-refractivity contribution in [2.45, 2.75) is 51.6 Å². The molecule has 1 heterocycles. The van der Waals surface area contributed by atoms with E-state index in [1.807, 2.05) is 6.92 Å². The normalized spacial score (nSPS) is 18.8. The van der Waals surface area contributed by atoms with E-state index in [0.717, 1.165) is 51.9 Å². The van der Waals surface area contributed by atoms with Crippen LogP contribution in [0.15, 0.2) is 35.3 Å². The van der Waals surface area contributed by atoms with Crippen molar-refractivity contribution in [3.05, 3.63) is 35.9 Å². The van der Waals surface area contributed by atoms with Crippen molar-refractivity contribution in [2.75, 3.05) is 38.5 Å². The molecule has 3 N–H and O–H groups in total. The van der Waals surface area contributed by atoms with Gasteiger partial charge in [0, 0.05) is 38.8 Å². The number of rotatable bonds is 10. The van der Waals surface area contributed by atoms with Crippen LogP contribution in [0, 0.1) is 5.92 Å². The van der Waals surface area contributed by atoms with Crippen LogP contribution in [0.1, 0.15) is 44.6 Å². The molecule has 0 spiro atoms. The van der Waals surface area contributed by atoms with E-state index in [1.165, 1.54) is 12.0 Å². The van der Waals surface area contributed by atoms with Crippen LogP contribution in [0.2, 0.25) is 0 Å². The fourth-order valence-electron chi connectivity index (χ4n) is 3.88. The maximum atomic E-state index is 12.2. The molecule has 9 heteroatoms. The second-order valence-electron chi connectivity index (χ2n) is 8.41. The first-order valence-electron chi connectivity index (χ1n) is 11.3. The zero-order chi connectivity index (χ0) is 21.2. The smallest absolute Gasteiger partial charge is 0.213 e. The Morgan fingerprint density at radius 2 is 1.84 bits per heavy atom. The van der Waals surface area contributed by atoms with Crippen molar-refractivity contribution >= 4 is 40.0 Å². The number of aliphatic imine (C=N–C) groups is 1. The van der Waals surface area contributed by atoms with E-state index in [4.69, 9.17) is 0 Å². The third kappa shape index (κ3) is 9.63. The zero-order valence-corrected chi connectivity index (χ0v) is 21.7. The minimum Gasteiger partial charge on any atom is -0.357 e. The first-order chi connectivity index (χ1) is 14.5. The lowest BCUT2D eigenvalue weighted by molar-refractivity contribution is 0.198. The average Bonchev–Trinajstić information content (AvgIpc) is 2.69. The third-order valence-corrected chi connectivity index (χ3v) is 7.29. The molecule has 0 amide bonds. The molecule has 1 aromatic rings. The Bertz CT molecular complexity index is 763. The van der Waals surface area contributed by atoms with E-state index in [2.05, 4.69) is 55.6 Å². The SMILES string of the molecule is CCNC(=NCCS(=O)(=O)NCC1CCC1)NC1CCN(Cc2ccccc2)CC1.I. The topological polar surface area (TPSA) is 85.8 Å². The van der Waals surface area contributed by atoms with E-state index in [-0.39, 0.29) is 36.3 Å². The molecule has 1 aliphatic heterocycles. The van der Waals surface area contributed by atoms with Gasteiger partial charge in [0.2, 0.25) is 10.0 Å². The largest absolute Gasteiger partial charge is 0.357 e. The summed E-state index contributed by atoms with van der Waals surface area (Å²) in [4.78, 5) is 6.99. The Balaban J connectivity index is 0.00000341. The fraction of sp³-hybridized carbons (Fsp3) is 0.682. The number of halogens is 1. The Morgan fingerprint density at radius 1 is 1.13 bits per heavy atom. The van der Waals surface area contributed by atoms with Crippen LogP contribution in [0.25, 0.3) is 0 Å². The molecule has 0 aromatic heterocycles. The number of benzene rings is 1.